The monoisotopic (exact) mass is 203 g/mol. The molecule has 1 heterocycles. The molecule has 14 heavy (non-hydrogen) atoms. The van der Waals surface area contributed by atoms with Gasteiger partial charge in [-0.05, 0) is 6.92 Å². The predicted molar refractivity (Wildman–Crippen MR) is 56.7 cm³/mol. The van der Waals surface area contributed by atoms with Crippen LogP contribution in [-0.2, 0) is 0 Å². The maximum absolute atomic E-state index is 11.8. The Labute approximate surface area is 86.2 Å². The number of aryl methyl sites for hydroxylation is 1. The van der Waals surface area contributed by atoms with E-state index in [-0.39, 0.29) is 5.78 Å². The first-order valence-corrected chi connectivity index (χ1v) is 5.16. The molecule has 0 fully saturated rings. The summed E-state index contributed by atoms with van der Waals surface area (Å²) in [6.07, 6.45) is 1.64. The molecule has 0 radical (unpaired) electrons. The van der Waals surface area contributed by atoms with E-state index in [0.717, 1.165) is 5.56 Å². The number of carbonyl (C=O) groups excluding carboxylic acids is 1. The molecule has 0 bridgehead atoms. The van der Waals surface area contributed by atoms with E-state index in [1.54, 1.807) is 11.6 Å². The third-order valence-electron chi connectivity index (χ3n) is 1.94. The van der Waals surface area contributed by atoms with Crippen LogP contribution in [0.4, 0.5) is 0 Å². The summed E-state index contributed by atoms with van der Waals surface area (Å²) >= 11 is 1.37. The summed E-state index contributed by atoms with van der Waals surface area (Å²) < 4.78 is 0. The quantitative estimate of drug-likeness (QED) is 0.702. The number of rotatable bonds is 2. The van der Waals surface area contributed by atoms with Crippen molar-refractivity contribution in [3.8, 4) is 0 Å². The molecule has 2 nitrogen and oxygen atoms in total. The average Bonchev–Trinajstić information content (AvgIpc) is 2.71. The summed E-state index contributed by atoms with van der Waals surface area (Å²) in [7, 11) is 0. The van der Waals surface area contributed by atoms with Gasteiger partial charge in [0.05, 0.1) is 0 Å². The normalized spacial score (nSPS) is 10.1. The molecule has 0 aliphatic rings. The molecule has 0 aliphatic carbocycles. The molecule has 0 saturated heterocycles. The van der Waals surface area contributed by atoms with Crippen molar-refractivity contribution in [1.82, 2.24) is 4.98 Å². The fourth-order valence-corrected chi connectivity index (χ4v) is 1.76. The minimum absolute atomic E-state index is 0.000000000000000444. The van der Waals surface area contributed by atoms with Crippen LogP contribution >= 0.6 is 11.3 Å². The lowest BCUT2D eigenvalue weighted by atomic mass is 10.1. The van der Waals surface area contributed by atoms with Crippen molar-refractivity contribution in [3.63, 3.8) is 0 Å². The number of hydrogen-bond acceptors (Lipinski definition) is 3. The average molecular weight is 203 g/mol. The number of nitrogens with zero attached hydrogens (tertiary/aromatic N) is 1. The lowest BCUT2D eigenvalue weighted by molar-refractivity contribution is 0.103. The largest absolute Gasteiger partial charge is 0.286 e. The Morgan fingerprint density at radius 2 is 2.00 bits per heavy atom. The summed E-state index contributed by atoms with van der Waals surface area (Å²) in [4.78, 5) is 15.8. The van der Waals surface area contributed by atoms with E-state index in [1.807, 2.05) is 31.2 Å². The van der Waals surface area contributed by atoms with Crippen LogP contribution in [0.5, 0.6) is 0 Å². The molecule has 2 rings (SSSR count). The SMILES string of the molecule is Cc1ccc(C(=O)c2nccs2)cc1. The minimum atomic E-state index is 0.000000000000000444. The highest BCUT2D eigenvalue weighted by Gasteiger charge is 2.10. The smallest absolute Gasteiger partial charge is 0.221 e. The molecule has 0 amide bonds. The topological polar surface area (TPSA) is 30.0 Å². The zero-order valence-electron chi connectivity index (χ0n) is 7.73. The molecule has 0 unspecified atom stereocenters. The summed E-state index contributed by atoms with van der Waals surface area (Å²) in [6, 6.07) is 7.53. The molecule has 3 heteroatoms. The Bertz CT molecular complexity index is 431. The maximum atomic E-state index is 11.8. The van der Waals surface area contributed by atoms with Crippen molar-refractivity contribution in [2.24, 2.45) is 0 Å². The van der Waals surface area contributed by atoms with Crippen LogP contribution in [0, 0.1) is 6.92 Å². The third kappa shape index (κ3) is 1.72. The van der Waals surface area contributed by atoms with Crippen LogP contribution in [0.1, 0.15) is 20.9 Å². The van der Waals surface area contributed by atoms with Crippen molar-refractivity contribution in [1.29, 1.82) is 0 Å². The molecular formula is C11H9NOS. The van der Waals surface area contributed by atoms with E-state index in [4.69, 9.17) is 0 Å². The number of benzene rings is 1. The van der Waals surface area contributed by atoms with Crippen LogP contribution in [0.3, 0.4) is 0 Å². The first kappa shape index (κ1) is 9.09. The molecule has 0 aliphatic heterocycles. The lowest BCUT2D eigenvalue weighted by Gasteiger charge is -1.97. The number of thiazole rings is 1. The van der Waals surface area contributed by atoms with Gasteiger partial charge in [0.25, 0.3) is 0 Å². The molecule has 0 saturated carbocycles. The van der Waals surface area contributed by atoms with Crippen LogP contribution in [-0.4, -0.2) is 10.8 Å². The molecule has 70 valence electrons. The zero-order chi connectivity index (χ0) is 9.97. The van der Waals surface area contributed by atoms with Crippen LogP contribution < -0.4 is 0 Å². The number of carbonyl (C=O) groups is 1. The van der Waals surface area contributed by atoms with E-state index in [2.05, 4.69) is 4.98 Å². The van der Waals surface area contributed by atoms with Crippen LogP contribution in [0.15, 0.2) is 35.8 Å². The molecule has 0 N–H and O–H groups in total. The van der Waals surface area contributed by atoms with Gasteiger partial charge in [0.1, 0.15) is 0 Å². The van der Waals surface area contributed by atoms with Crippen molar-refractivity contribution in [2.75, 3.05) is 0 Å². The number of hydrogen-bond donors (Lipinski definition) is 0. The zero-order valence-corrected chi connectivity index (χ0v) is 8.54. The molecule has 1 aromatic carbocycles. The van der Waals surface area contributed by atoms with Crippen molar-refractivity contribution in [3.05, 3.63) is 52.0 Å². The van der Waals surface area contributed by atoms with E-state index >= 15 is 0 Å². The minimum Gasteiger partial charge on any atom is -0.286 e. The second kappa shape index (κ2) is 3.72. The number of ketones is 1. The Hall–Kier alpha value is -1.48. The Morgan fingerprint density at radius 3 is 2.57 bits per heavy atom. The van der Waals surface area contributed by atoms with Gasteiger partial charge in [-0.25, -0.2) is 4.98 Å². The lowest BCUT2D eigenvalue weighted by Crippen LogP contribution is -1.99. The van der Waals surface area contributed by atoms with E-state index < -0.39 is 0 Å². The van der Waals surface area contributed by atoms with Crippen LogP contribution in [0.25, 0.3) is 0 Å². The van der Waals surface area contributed by atoms with E-state index in [0.29, 0.717) is 10.6 Å². The molecule has 0 spiro atoms. The van der Waals surface area contributed by atoms with Gasteiger partial charge in [-0.2, -0.15) is 0 Å². The Balaban J connectivity index is 2.33. The highest BCUT2D eigenvalue weighted by Crippen LogP contribution is 2.12. The summed E-state index contributed by atoms with van der Waals surface area (Å²) in [5.74, 6) is 0.000000000000000444. The first-order valence-electron chi connectivity index (χ1n) is 4.28. The molecule has 2 aromatic rings. The first-order chi connectivity index (χ1) is 6.77. The van der Waals surface area contributed by atoms with Crippen LogP contribution in [0.2, 0.25) is 0 Å². The van der Waals surface area contributed by atoms with Gasteiger partial charge in [-0.1, -0.05) is 29.8 Å². The molecule has 1 aromatic heterocycles. The second-order valence-electron chi connectivity index (χ2n) is 3.03. The molecular weight excluding hydrogens is 194 g/mol. The van der Waals surface area contributed by atoms with Gasteiger partial charge < -0.3 is 0 Å². The second-order valence-corrected chi connectivity index (χ2v) is 3.93. The van der Waals surface area contributed by atoms with Crippen molar-refractivity contribution in [2.45, 2.75) is 6.92 Å². The highest BCUT2D eigenvalue weighted by molar-refractivity contribution is 7.11. The maximum Gasteiger partial charge on any atom is 0.221 e. The van der Waals surface area contributed by atoms with Gasteiger partial charge in [0.15, 0.2) is 5.01 Å². The predicted octanol–water partition coefficient (Wildman–Crippen LogP) is 2.68. The summed E-state index contributed by atoms with van der Waals surface area (Å²) in [5, 5.41) is 2.36. The van der Waals surface area contributed by atoms with Gasteiger partial charge in [-0.15, -0.1) is 11.3 Å². The fraction of sp³-hybridized carbons (Fsp3) is 0.0909. The highest BCUT2D eigenvalue weighted by atomic mass is 32.1. The van der Waals surface area contributed by atoms with E-state index in [9.17, 15) is 4.79 Å². The summed E-state index contributed by atoms with van der Waals surface area (Å²) in [5.41, 5.74) is 1.85. The fourth-order valence-electron chi connectivity index (χ4n) is 1.16. The van der Waals surface area contributed by atoms with Gasteiger partial charge >= 0.3 is 0 Å². The van der Waals surface area contributed by atoms with Gasteiger partial charge in [0, 0.05) is 17.1 Å². The van der Waals surface area contributed by atoms with Crippen molar-refractivity contribution >= 4 is 17.1 Å². The van der Waals surface area contributed by atoms with Gasteiger partial charge in [0.2, 0.25) is 5.78 Å². The molecule has 0 atom stereocenters. The Morgan fingerprint density at radius 1 is 1.29 bits per heavy atom. The van der Waals surface area contributed by atoms with Gasteiger partial charge in [-0.3, -0.25) is 4.79 Å². The van der Waals surface area contributed by atoms with E-state index in [1.165, 1.54) is 11.3 Å². The standard InChI is InChI=1S/C11H9NOS/c1-8-2-4-9(5-3-8)10(13)11-12-6-7-14-11/h2-7H,1H3. The summed E-state index contributed by atoms with van der Waals surface area (Å²) in [6.45, 7) is 2.00. The number of aromatic nitrogens is 1. The Kier molecular flexibility index (Phi) is 2.41. The third-order valence-corrected chi connectivity index (χ3v) is 2.71. The van der Waals surface area contributed by atoms with Crippen molar-refractivity contribution < 1.29 is 4.79 Å².